The van der Waals surface area contributed by atoms with Crippen molar-refractivity contribution in [3.8, 4) is 0 Å². The van der Waals surface area contributed by atoms with Crippen molar-refractivity contribution >= 4 is 21.5 Å². The average molecular weight is 411 g/mol. The molecule has 0 saturated carbocycles. The van der Waals surface area contributed by atoms with Gasteiger partial charge < -0.3 is 0 Å². The van der Waals surface area contributed by atoms with E-state index < -0.39 is 0 Å². The molecule has 0 aliphatic carbocycles. The van der Waals surface area contributed by atoms with Crippen molar-refractivity contribution < 1.29 is 26.2 Å². The molecule has 0 aliphatic rings. The second kappa shape index (κ2) is 11.3. The first-order valence-corrected chi connectivity index (χ1v) is 8.30. The minimum Gasteiger partial charge on any atom is -0.184 e. The molecular formula is C25H19Zr. The zero-order chi connectivity index (χ0) is 17.2. The third kappa shape index (κ3) is 5.86. The second-order valence-corrected chi connectivity index (χ2v) is 5.47. The Balaban J connectivity index is 0.000000158. The summed E-state index contributed by atoms with van der Waals surface area (Å²) in [5.41, 5.74) is 0. The number of hydrogen-bond acceptors (Lipinski definition) is 0. The van der Waals surface area contributed by atoms with E-state index in [9.17, 15) is 0 Å². The van der Waals surface area contributed by atoms with Crippen molar-refractivity contribution in [2.24, 2.45) is 0 Å². The normalized spacial score (nSPS) is 9.23. The third-order valence-corrected chi connectivity index (χ3v) is 3.74. The average Bonchev–Trinajstić information content (AvgIpc) is 3.10. The maximum atomic E-state index is 2.89. The van der Waals surface area contributed by atoms with Gasteiger partial charge in [0.05, 0.1) is 0 Å². The van der Waals surface area contributed by atoms with Crippen LogP contribution in [0.15, 0.2) is 115 Å². The SMILES string of the molecule is [Zr+3].[c-]1ccccc1.[c-]1ccccc1.c1ccc2c(c1)[cH-]c1ccccc12. The van der Waals surface area contributed by atoms with E-state index >= 15 is 0 Å². The molecule has 123 valence electrons. The Hall–Kier alpha value is -2.37. The van der Waals surface area contributed by atoms with E-state index in [4.69, 9.17) is 0 Å². The van der Waals surface area contributed by atoms with Gasteiger partial charge in [0.1, 0.15) is 0 Å². The number of rotatable bonds is 0. The molecule has 0 N–H and O–H groups in total. The van der Waals surface area contributed by atoms with Crippen LogP contribution in [-0.4, -0.2) is 0 Å². The van der Waals surface area contributed by atoms with Gasteiger partial charge in [0.25, 0.3) is 0 Å². The van der Waals surface area contributed by atoms with Crippen LogP contribution in [0.5, 0.6) is 0 Å². The summed E-state index contributed by atoms with van der Waals surface area (Å²) in [5.74, 6) is 0. The number of benzene rings is 4. The monoisotopic (exact) mass is 409 g/mol. The van der Waals surface area contributed by atoms with Crippen molar-refractivity contribution in [1.82, 2.24) is 0 Å². The first-order valence-electron chi connectivity index (χ1n) is 8.30. The van der Waals surface area contributed by atoms with E-state index in [1.165, 1.54) is 21.5 Å². The van der Waals surface area contributed by atoms with Gasteiger partial charge in [-0.25, -0.2) is 0 Å². The molecule has 5 rings (SSSR count). The van der Waals surface area contributed by atoms with Crippen molar-refractivity contribution in [3.63, 3.8) is 0 Å². The van der Waals surface area contributed by atoms with E-state index in [0.717, 1.165) is 0 Å². The molecule has 0 bridgehead atoms. The Kier molecular flexibility index (Phi) is 8.66. The van der Waals surface area contributed by atoms with Crippen LogP contribution in [0.2, 0.25) is 0 Å². The Morgan fingerprint density at radius 1 is 0.462 bits per heavy atom. The summed E-state index contributed by atoms with van der Waals surface area (Å²) >= 11 is 0. The predicted octanol–water partition coefficient (Wildman–Crippen LogP) is 6.68. The molecule has 0 spiro atoms. The molecule has 0 aliphatic heterocycles. The van der Waals surface area contributed by atoms with E-state index in [-0.39, 0.29) is 26.2 Å². The fourth-order valence-corrected chi connectivity index (χ4v) is 2.59. The second-order valence-electron chi connectivity index (χ2n) is 5.47. The Morgan fingerprint density at radius 3 is 1.15 bits per heavy atom. The van der Waals surface area contributed by atoms with Gasteiger partial charge in [-0.15, -0.1) is 39.7 Å². The van der Waals surface area contributed by atoms with E-state index in [1.54, 1.807) is 0 Å². The van der Waals surface area contributed by atoms with E-state index in [0.29, 0.717) is 0 Å². The molecular weight excluding hydrogens is 391 g/mol. The van der Waals surface area contributed by atoms with Gasteiger partial charge in [-0.1, -0.05) is 36.4 Å². The minimum atomic E-state index is 0. The van der Waals surface area contributed by atoms with Crippen LogP contribution in [0.1, 0.15) is 0 Å². The molecule has 0 saturated heterocycles. The molecule has 0 fully saturated rings. The summed E-state index contributed by atoms with van der Waals surface area (Å²) in [4.78, 5) is 0. The number of hydrogen-bond donors (Lipinski definition) is 0. The molecule has 0 heterocycles. The predicted molar refractivity (Wildman–Crippen MR) is 108 cm³/mol. The van der Waals surface area contributed by atoms with Gasteiger partial charge >= 0.3 is 26.2 Å². The fourth-order valence-electron chi connectivity index (χ4n) is 2.59. The van der Waals surface area contributed by atoms with Gasteiger partial charge in [-0.05, 0) is 0 Å². The maximum Gasteiger partial charge on any atom is 3.00 e. The van der Waals surface area contributed by atoms with Gasteiger partial charge in [-0.3, -0.25) is 0 Å². The first-order chi connectivity index (χ1) is 12.4. The summed E-state index contributed by atoms with van der Waals surface area (Å²) in [5, 5.41) is 5.39. The Morgan fingerprint density at radius 2 is 0.846 bits per heavy atom. The quantitative estimate of drug-likeness (QED) is 0.250. The zero-order valence-corrected chi connectivity index (χ0v) is 16.9. The smallest absolute Gasteiger partial charge is 0.184 e. The Bertz CT molecular complexity index is 850. The molecule has 5 aromatic carbocycles. The third-order valence-electron chi connectivity index (χ3n) is 3.74. The van der Waals surface area contributed by atoms with Crippen molar-refractivity contribution in [2.75, 3.05) is 0 Å². The van der Waals surface area contributed by atoms with Gasteiger partial charge in [0.2, 0.25) is 0 Å². The summed E-state index contributed by atoms with van der Waals surface area (Å²) in [6.45, 7) is 0. The molecule has 0 atom stereocenters. The van der Waals surface area contributed by atoms with Crippen LogP contribution >= 0.6 is 0 Å². The summed E-state index contributed by atoms with van der Waals surface area (Å²) in [6, 6.07) is 44.3. The minimum absolute atomic E-state index is 0. The molecule has 0 aromatic heterocycles. The molecule has 1 heteroatoms. The van der Waals surface area contributed by atoms with Gasteiger partial charge in [0, 0.05) is 0 Å². The van der Waals surface area contributed by atoms with Crippen LogP contribution in [0, 0.1) is 12.1 Å². The summed E-state index contributed by atoms with van der Waals surface area (Å²) in [6.07, 6.45) is 0. The van der Waals surface area contributed by atoms with E-state index in [2.05, 4.69) is 66.7 Å². The molecule has 0 nitrogen and oxygen atoms in total. The maximum absolute atomic E-state index is 2.89. The number of fused-ring (bicyclic) bond motifs is 3. The van der Waals surface area contributed by atoms with Gasteiger partial charge in [0.15, 0.2) is 0 Å². The first kappa shape index (κ1) is 20.0. The molecule has 26 heavy (non-hydrogen) atoms. The van der Waals surface area contributed by atoms with Crippen LogP contribution < -0.4 is 0 Å². The molecule has 0 unspecified atom stereocenters. The van der Waals surface area contributed by atoms with Gasteiger partial charge in [-0.2, -0.15) is 72.8 Å². The van der Waals surface area contributed by atoms with Crippen LogP contribution in [0.3, 0.4) is 0 Å². The molecule has 0 amide bonds. The van der Waals surface area contributed by atoms with E-state index in [1.807, 2.05) is 60.7 Å². The van der Waals surface area contributed by atoms with Crippen molar-refractivity contribution in [3.05, 3.63) is 127 Å². The van der Waals surface area contributed by atoms with Crippen molar-refractivity contribution in [2.45, 2.75) is 0 Å². The largest absolute Gasteiger partial charge is 3.00 e. The zero-order valence-electron chi connectivity index (χ0n) is 14.5. The molecule has 1 radical (unpaired) electrons. The van der Waals surface area contributed by atoms with Crippen molar-refractivity contribution in [1.29, 1.82) is 0 Å². The summed E-state index contributed by atoms with van der Waals surface area (Å²) < 4.78 is 0. The topological polar surface area (TPSA) is 0 Å². The van der Waals surface area contributed by atoms with Crippen LogP contribution in [-0.2, 0) is 26.2 Å². The fraction of sp³-hybridized carbons (Fsp3) is 0. The standard InChI is InChI=1S/C13H9.2C6H5.Zr/c1-3-7-12-10(5-1)9-11-6-2-4-8-13(11)12;2*1-2-4-6-5-3-1;/h1-9H;2*1-5H;/q3*-1;+3. The van der Waals surface area contributed by atoms with Crippen LogP contribution in [0.25, 0.3) is 21.5 Å². The Labute approximate surface area is 174 Å². The molecule has 5 aromatic rings. The summed E-state index contributed by atoms with van der Waals surface area (Å²) in [7, 11) is 0. The van der Waals surface area contributed by atoms with Crippen LogP contribution in [0.4, 0.5) is 0 Å².